The molecule has 84 valence electrons. The molecule has 0 aliphatic heterocycles. The average molecular weight is 259 g/mol. The van der Waals surface area contributed by atoms with Crippen LogP contribution in [0.5, 0.6) is 0 Å². The van der Waals surface area contributed by atoms with E-state index in [-0.39, 0.29) is 5.78 Å². The molecule has 1 aromatic carbocycles. The molecule has 0 unspecified atom stereocenters. The highest BCUT2D eigenvalue weighted by molar-refractivity contribution is 7.20. The number of nitrogens with zero attached hydrogens (tertiary/aromatic N) is 1. The molecule has 0 spiro atoms. The predicted octanol–water partition coefficient (Wildman–Crippen LogP) is 3.78. The van der Waals surface area contributed by atoms with Crippen molar-refractivity contribution in [3.8, 4) is 0 Å². The van der Waals surface area contributed by atoms with Gasteiger partial charge in [-0.05, 0) is 23.6 Å². The lowest BCUT2D eigenvalue weighted by Gasteiger charge is -1.92. The van der Waals surface area contributed by atoms with E-state index in [1.807, 2.05) is 41.8 Å². The molecule has 2 heterocycles. The number of ketones is 1. The highest BCUT2D eigenvalue weighted by Crippen LogP contribution is 2.23. The van der Waals surface area contributed by atoms with Crippen LogP contribution in [0.15, 0.2) is 41.8 Å². The van der Waals surface area contributed by atoms with Crippen molar-refractivity contribution in [2.75, 3.05) is 0 Å². The number of benzene rings is 1. The van der Waals surface area contributed by atoms with Crippen LogP contribution in [-0.4, -0.2) is 10.8 Å². The van der Waals surface area contributed by atoms with E-state index >= 15 is 0 Å². The van der Waals surface area contributed by atoms with Gasteiger partial charge in [0, 0.05) is 11.3 Å². The van der Waals surface area contributed by atoms with Crippen molar-refractivity contribution in [3.63, 3.8) is 0 Å². The molecule has 0 amide bonds. The first-order valence-electron chi connectivity index (χ1n) is 5.24. The third kappa shape index (κ3) is 2.14. The Labute approximate surface area is 107 Å². The molecular formula is C13H9NOS2. The summed E-state index contributed by atoms with van der Waals surface area (Å²) in [6, 6.07) is 11.8. The number of Topliss-reactive ketones (excluding diaryl/α,β-unsaturated/α-hetero) is 1. The topological polar surface area (TPSA) is 30.0 Å². The van der Waals surface area contributed by atoms with E-state index in [1.54, 1.807) is 11.3 Å². The van der Waals surface area contributed by atoms with Crippen molar-refractivity contribution in [3.05, 3.63) is 51.7 Å². The van der Waals surface area contributed by atoms with Crippen molar-refractivity contribution in [2.24, 2.45) is 0 Å². The Morgan fingerprint density at radius 3 is 2.82 bits per heavy atom. The summed E-state index contributed by atoms with van der Waals surface area (Å²) in [6.45, 7) is 0. The Hall–Kier alpha value is -1.52. The number of para-hydroxylation sites is 1. The van der Waals surface area contributed by atoms with Gasteiger partial charge in [0.25, 0.3) is 0 Å². The second-order valence-electron chi connectivity index (χ2n) is 3.67. The van der Waals surface area contributed by atoms with Gasteiger partial charge >= 0.3 is 0 Å². The van der Waals surface area contributed by atoms with Crippen LogP contribution in [0.25, 0.3) is 10.2 Å². The van der Waals surface area contributed by atoms with Gasteiger partial charge < -0.3 is 0 Å². The fourth-order valence-corrected chi connectivity index (χ4v) is 3.25. The van der Waals surface area contributed by atoms with Crippen LogP contribution in [0.3, 0.4) is 0 Å². The molecule has 0 saturated heterocycles. The van der Waals surface area contributed by atoms with Gasteiger partial charge in [0.15, 0.2) is 10.8 Å². The number of thiazole rings is 1. The zero-order chi connectivity index (χ0) is 11.7. The fraction of sp³-hybridized carbons (Fsp3) is 0.0769. The molecule has 0 N–H and O–H groups in total. The van der Waals surface area contributed by atoms with Crippen molar-refractivity contribution in [1.29, 1.82) is 0 Å². The third-order valence-electron chi connectivity index (χ3n) is 2.45. The van der Waals surface area contributed by atoms with Crippen LogP contribution in [0.1, 0.15) is 14.7 Å². The fourth-order valence-electron chi connectivity index (χ4n) is 1.64. The molecule has 3 rings (SSSR count). The molecule has 0 atom stereocenters. The van der Waals surface area contributed by atoms with Gasteiger partial charge in [-0.2, -0.15) is 0 Å². The first-order valence-corrected chi connectivity index (χ1v) is 6.94. The highest BCUT2D eigenvalue weighted by Gasteiger charge is 2.12. The number of thiophene rings is 1. The number of carbonyl (C=O) groups excluding carboxylic acids is 1. The molecule has 17 heavy (non-hydrogen) atoms. The Kier molecular flexibility index (Phi) is 2.74. The lowest BCUT2D eigenvalue weighted by atomic mass is 10.2. The van der Waals surface area contributed by atoms with Gasteiger partial charge in [-0.1, -0.05) is 18.2 Å². The van der Waals surface area contributed by atoms with Crippen LogP contribution in [0.4, 0.5) is 0 Å². The molecule has 2 nitrogen and oxygen atoms in total. The Morgan fingerprint density at radius 1 is 1.18 bits per heavy atom. The maximum absolute atomic E-state index is 12.0. The van der Waals surface area contributed by atoms with Crippen molar-refractivity contribution in [1.82, 2.24) is 4.98 Å². The first-order chi connectivity index (χ1) is 8.33. The minimum absolute atomic E-state index is 0.105. The quantitative estimate of drug-likeness (QED) is 0.670. The lowest BCUT2D eigenvalue weighted by Crippen LogP contribution is -2.00. The Morgan fingerprint density at radius 2 is 2.06 bits per heavy atom. The van der Waals surface area contributed by atoms with Gasteiger partial charge in [-0.3, -0.25) is 4.79 Å². The molecule has 0 aliphatic rings. The van der Waals surface area contributed by atoms with E-state index in [0.717, 1.165) is 15.1 Å². The van der Waals surface area contributed by atoms with E-state index < -0.39 is 0 Å². The predicted molar refractivity (Wildman–Crippen MR) is 72.0 cm³/mol. The van der Waals surface area contributed by atoms with E-state index in [4.69, 9.17) is 0 Å². The summed E-state index contributed by atoms with van der Waals surface area (Å²) in [7, 11) is 0. The molecule has 2 aromatic heterocycles. The second-order valence-corrected chi connectivity index (χ2v) is 5.73. The van der Waals surface area contributed by atoms with Crippen LogP contribution < -0.4 is 0 Å². The summed E-state index contributed by atoms with van der Waals surface area (Å²) in [5, 5.41) is 2.60. The molecule has 0 fully saturated rings. The summed E-state index contributed by atoms with van der Waals surface area (Å²) < 4.78 is 1.07. The van der Waals surface area contributed by atoms with Gasteiger partial charge in [-0.15, -0.1) is 22.7 Å². The van der Waals surface area contributed by atoms with E-state index in [1.165, 1.54) is 11.3 Å². The first kappa shape index (κ1) is 10.6. The van der Waals surface area contributed by atoms with Gasteiger partial charge in [-0.25, -0.2) is 4.98 Å². The lowest BCUT2D eigenvalue weighted by molar-refractivity contribution is 0.0993. The van der Waals surface area contributed by atoms with Crippen LogP contribution in [-0.2, 0) is 6.42 Å². The largest absolute Gasteiger partial charge is 0.291 e. The third-order valence-corrected chi connectivity index (χ3v) is 4.40. The highest BCUT2D eigenvalue weighted by atomic mass is 32.1. The van der Waals surface area contributed by atoms with Crippen LogP contribution >= 0.6 is 22.7 Å². The zero-order valence-electron chi connectivity index (χ0n) is 8.92. The van der Waals surface area contributed by atoms with E-state index in [0.29, 0.717) is 11.4 Å². The number of aromatic nitrogens is 1. The summed E-state index contributed by atoms with van der Waals surface area (Å²) >= 11 is 3.08. The Balaban J connectivity index is 1.90. The van der Waals surface area contributed by atoms with Crippen LogP contribution in [0, 0.1) is 0 Å². The SMILES string of the molecule is O=C(Cc1cccs1)c1nc2ccccc2s1. The standard InChI is InChI=1S/C13H9NOS2/c15-11(8-9-4-3-7-16-9)13-14-10-5-1-2-6-12(10)17-13/h1-7H,8H2. The second kappa shape index (κ2) is 4.39. The zero-order valence-corrected chi connectivity index (χ0v) is 10.6. The number of fused-ring (bicyclic) bond motifs is 1. The van der Waals surface area contributed by atoms with Crippen molar-refractivity contribution in [2.45, 2.75) is 6.42 Å². The summed E-state index contributed by atoms with van der Waals surface area (Å²) in [5.74, 6) is 0.105. The molecule has 4 heteroatoms. The molecule has 0 radical (unpaired) electrons. The maximum atomic E-state index is 12.0. The monoisotopic (exact) mass is 259 g/mol. The van der Waals surface area contributed by atoms with Gasteiger partial charge in [0.05, 0.1) is 10.2 Å². The summed E-state index contributed by atoms with van der Waals surface area (Å²) in [6.07, 6.45) is 0.456. The van der Waals surface area contributed by atoms with Crippen LogP contribution in [0.2, 0.25) is 0 Å². The normalized spacial score (nSPS) is 10.8. The van der Waals surface area contributed by atoms with Gasteiger partial charge in [0.1, 0.15) is 0 Å². The molecular weight excluding hydrogens is 250 g/mol. The maximum Gasteiger partial charge on any atom is 0.196 e. The average Bonchev–Trinajstić information content (AvgIpc) is 2.96. The summed E-state index contributed by atoms with van der Waals surface area (Å²) in [4.78, 5) is 17.5. The Bertz CT molecular complexity index is 622. The van der Waals surface area contributed by atoms with Crippen molar-refractivity contribution >= 4 is 38.7 Å². The molecule has 0 bridgehead atoms. The number of hydrogen-bond acceptors (Lipinski definition) is 4. The molecule has 0 saturated carbocycles. The molecule has 0 aliphatic carbocycles. The van der Waals surface area contributed by atoms with Gasteiger partial charge in [0.2, 0.25) is 0 Å². The van der Waals surface area contributed by atoms with Crippen molar-refractivity contribution < 1.29 is 4.79 Å². The number of hydrogen-bond donors (Lipinski definition) is 0. The van der Waals surface area contributed by atoms with E-state index in [9.17, 15) is 4.79 Å². The summed E-state index contributed by atoms with van der Waals surface area (Å²) in [5.41, 5.74) is 0.909. The number of carbonyl (C=O) groups is 1. The minimum Gasteiger partial charge on any atom is -0.291 e. The smallest absolute Gasteiger partial charge is 0.196 e. The minimum atomic E-state index is 0.105. The molecule has 3 aromatic rings. The van der Waals surface area contributed by atoms with E-state index in [2.05, 4.69) is 4.98 Å². The number of rotatable bonds is 3.